The van der Waals surface area contributed by atoms with E-state index in [-0.39, 0.29) is 24.4 Å². The van der Waals surface area contributed by atoms with Crippen molar-refractivity contribution in [2.45, 2.75) is 31.7 Å². The molecule has 124 valence electrons. The maximum Gasteiger partial charge on any atom is 0.306 e. The molecule has 6 nitrogen and oxygen atoms in total. The highest BCUT2D eigenvalue weighted by molar-refractivity contribution is 6.00. The van der Waals surface area contributed by atoms with Gasteiger partial charge in [0.25, 0.3) is 0 Å². The summed E-state index contributed by atoms with van der Waals surface area (Å²) >= 11 is 0. The first kappa shape index (κ1) is 16.9. The van der Waals surface area contributed by atoms with Crippen LogP contribution in [0.2, 0.25) is 0 Å². The molecule has 0 saturated carbocycles. The van der Waals surface area contributed by atoms with Crippen LogP contribution in [0, 0.1) is 5.82 Å². The van der Waals surface area contributed by atoms with Crippen LogP contribution in [0.5, 0.6) is 0 Å². The number of anilines is 1. The van der Waals surface area contributed by atoms with Crippen molar-refractivity contribution >= 4 is 23.5 Å². The van der Waals surface area contributed by atoms with Gasteiger partial charge < -0.3 is 15.0 Å². The number of hydrogen-bond donors (Lipinski definition) is 1. The number of rotatable bonds is 5. The normalized spacial score (nSPS) is 17.7. The molecule has 7 heteroatoms. The fourth-order valence-corrected chi connectivity index (χ4v) is 2.50. The third-order valence-electron chi connectivity index (χ3n) is 3.70. The van der Waals surface area contributed by atoms with E-state index in [1.54, 1.807) is 12.1 Å². The van der Waals surface area contributed by atoms with E-state index in [1.807, 2.05) is 0 Å². The second kappa shape index (κ2) is 7.71. The van der Waals surface area contributed by atoms with Crippen molar-refractivity contribution in [2.75, 3.05) is 18.6 Å². The van der Waals surface area contributed by atoms with Gasteiger partial charge in [0.1, 0.15) is 11.9 Å². The molecule has 1 saturated heterocycles. The van der Waals surface area contributed by atoms with Gasteiger partial charge in [-0.1, -0.05) is 12.1 Å². The average molecular weight is 322 g/mol. The maximum atomic E-state index is 13.9. The number of methoxy groups -OCH3 is 1. The van der Waals surface area contributed by atoms with Gasteiger partial charge in [-0.25, -0.2) is 4.39 Å². The van der Waals surface area contributed by atoms with Gasteiger partial charge in [0.15, 0.2) is 0 Å². The van der Waals surface area contributed by atoms with Gasteiger partial charge >= 0.3 is 5.97 Å². The van der Waals surface area contributed by atoms with Crippen LogP contribution >= 0.6 is 0 Å². The van der Waals surface area contributed by atoms with Crippen LogP contribution in [-0.2, 0) is 19.1 Å². The SMILES string of the molecule is COC(=O)CCC(=O)N[C@@H]1CCCN(c2ccccc2F)C1=O. The van der Waals surface area contributed by atoms with Crippen molar-refractivity contribution < 1.29 is 23.5 Å². The number of para-hydroxylation sites is 1. The molecule has 1 N–H and O–H groups in total. The number of carbonyl (C=O) groups excluding carboxylic acids is 3. The Labute approximate surface area is 133 Å². The largest absolute Gasteiger partial charge is 0.469 e. The van der Waals surface area contributed by atoms with Crippen LogP contribution < -0.4 is 10.2 Å². The van der Waals surface area contributed by atoms with Crippen molar-refractivity contribution in [2.24, 2.45) is 0 Å². The zero-order chi connectivity index (χ0) is 16.8. The van der Waals surface area contributed by atoms with Crippen LogP contribution in [0.15, 0.2) is 24.3 Å². The Hall–Kier alpha value is -2.44. The number of piperidine rings is 1. The molecule has 1 aromatic carbocycles. The first-order valence-electron chi connectivity index (χ1n) is 7.45. The number of benzene rings is 1. The highest BCUT2D eigenvalue weighted by atomic mass is 19.1. The van der Waals surface area contributed by atoms with Crippen LogP contribution in [0.3, 0.4) is 0 Å². The van der Waals surface area contributed by atoms with Crippen LogP contribution in [0.4, 0.5) is 10.1 Å². The van der Waals surface area contributed by atoms with Gasteiger partial charge in [-0.05, 0) is 25.0 Å². The molecule has 0 spiro atoms. The van der Waals surface area contributed by atoms with E-state index in [2.05, 4.69) is 10.1 Å². The fraction of sp³-hybridized carbons (Fsp3) is 0.438. The second-order valence-electron chi connectivity index (χ2n) is 5.28. The molecule has 1 aromatic rings. The predicted octanol–water partition coefficient (Wildman–Crippen LogP) is 1.39. The van der Waals surface area contributed by atoms with Crippen molar-refractivity contribution in [3.8, 4) is 0 Å². The molecule has 0 radical (unpaired) electrons. The highest BCUT2D eigenvalue weighted by Gasteiger charge is 2.31. The molecule has 0 unspecified atom stereocenters. The molecule has 2 rings (SSSR count). The van der Waals surface area contributed by atoms with Gasteiger partial charge in [0, 0.05) is 13.0 Å². The van der Waals surface area contributed by atoms with Crippen LogP contribution in [-0.4, -0.2) is 37.5 Å². The Morgan fingerprint density at radius 1 is 1.35 bits per heavy atom. The Morgan fingerprint density at radius 3 is 2.78 bits per heavy atom. The zero-order valence-corrected chi connectivity index (χ0v) is 12.9. The minimum Gasteiger partial charge on any atom is -0.469 e. The Bertz CT molecular complexity index is 605. The summed E-state index contributed by atoms with van der Waals surface area (Å²) in [5, 5.41) is 2.61. The standard InChI is InChI=1S/C16H19FN2O4/c1-23-15(21)9-8-14(20)18-12-6-4-10-19(16(12)22)13-7-3-2-5-11(13)17/h2-3,5,7,12H,4,6,8-10H2,1H3,(H,18,20)/t12-/m1/s1. The quantitative estimate of drug-likeness (QED) is 0.831. The fourth-order valence-electron chi connectivity index (χ4n) is 2.50. The molecule has 0 aromatic heterocycles. The number of nitrogens with one attached hydrogen (secondary N) is 1. The summed E-state index contributed by atoms with van der Waals surface area (Å²) in [5.41, 5.74) is 0.214. The molecular formula is C16H19FN2O4. The second-order valence-corrected chi connectivity index (χ2v) is 5.28. The number of amides is 2. The zero-order valence-electron chi connectivity index (χ0n) is 12.9. The van der Waals surface area contributed by atoms with E-state index >= 15 is 0 Å². The van der Waals surface area contributed by atoms with Gasteiger partial charge in [-0.3, -0.25) is 14.4 Å². The van der Waals surface area contributed by atoms with Gasteiger partial charge in [0.05, 0.1) is 19.2 Å². The van der Waals surface area contributed by atoms with Gasteiger partial charge in [0.2, 0.25) is 11.8 Å². The van der Waals surface area contributed by atoms with E-state index in [0.717, 1.165) is 0 Å². The summed E-state index contributed by atoms with van der Waals surface area (Å²) < 4.78 is 18.3. The molecule has 1 fully saturated rings. The number of esters is 1. The molecular weight excluding hydrogens is 303 g/mol. The third kappa shape index (κ3) is 4.28. The number of ether oxygens (including phenoxy) is 1. The smallest absolute Gasteiger partial charge is 0.306 e. The van der Waals surface area contributed by atoms with Crippen molar-refractivity contribution in [1.82, 2.24) is 5.32 Å². The lowest BCUT2D eigenvalue weighted by Gasteiger charge is -2.32. The molecule has 0 bridgehead atoms. The summed E-state index contributed by atoms with van der Waals surface area (Å²) in [6.07, 6.45) is 1.06. The lowest BCUT2D eigenvalue weighted by atomic mass is 10.0. The topological polar surface area (TPSA) is 75.7 Å². The van der Waals surface area contributed by atoms with E-state index in [4.69, 9.17) is 0 Å². The highest BCUT2D eigenvalue weighted by Crippen LogP contribution is 2.23. The summed E-state index contributed by atoms with van der Waals surface area (Å²) in [6, 6.07) is 5.34. The van der Waals surface area contributed by atoms with Gasteiger partial charge in [-0.2, -0.15) is 0 Å². The Morgan fingerprint density at radius 2 is 2.09 bits per heavy atom. The summed E-state index contributed by atoms with van der Waals surface area (Å²) in [6.45, 7) is 0.411. The third-order valence-corrected chi connectivity index (χ3v) is 3.70. The van der Waals surface area contributed by atoms with E-state index in [1.165, 1.54) is 24.1 Å². The summed E-state index contributed by atoms with van der Waals surface area (Å²) in [4.78, 5) is 36.7. The number of hydrogen-bond acceptors (Lipinski definition) is 4. The van der Waals surface area contributed by atoms with Crippen molar-refractivity contribution in [1.29, 1.82) is 0 Å². The number of nitrogens with zero attached hydrogens (tertiary/aromatic N) is 1. The Kier molecular flexibility index (Phi) is 5.67. The van der Waals surface area contributed by atoms with Crippen LogP contribution in [0.25, 0.3) is 0 Å². The lowest BCUT2D eigenvalue weighted by molar-refractivity contribution is -0.142. The molecule has 1 heterocycles. The molecule has 1 aliphatic heterocycles. The average Bonchev–Trinajstić information content (AvgIpc) is 2.55. The molecule has 0 aliphatic carbocycles. The van der Waals surface area contributed by atoms with Crippen molar-refractivity contribution in [3.05, 3.63) is 30.1 Å². The first-order valence-corrected chi connectivity index (χ1v) is 7.45. The monoisotopic (exact) mass is 322 g/mol. The summed E-state index contributed by atoms with van der Waals surface area (Å²) in [7, 11) is 1.25. The first-order chi connectivity index (χ1) is 11.0. The predicted molar refractivity (Wildman–Crippen MR) is 81.2 cm³/mol. The summed E-state index contributed by atoms with van der Waals surface area (Å²) in [5.74, 6) is -1.70. The van der Waals surface area contributed by atoms with Crippen LogP contribution in [0.1, 0.15) is 25.7 Å². The molecule has 23 heavy (non-hydrogen) atoms. The van der Waals surface area contributed by atoms with Gasteiger partial charge in [-0.15, -0.1) is 0 Å². The van der Waals surface area contributed by atoms with E-state index < -0.39 is 23.7 Å². The Balaban J connectivity index is 1.98. The minimum absolute atomic E-state index is 0.0414. The number of carbonyl (C=O) groups is 3. The van der Waals surface area contributed by atoms with E-state index in [0.29, 0.717) is 19.4 Å². The lowest BCUT2D eigenvalue weighted by Crippen LogP contribution is -2.52. The van der Waals surface area contributed by atoms with E-state index in [9.17, 15) is 18.8 Å². The molecule has 1 aliphatic rings. The maximum absolute atomic E-state index is 13.9. The number of halogens is 1. The molecule has 1 atom stereocenters. The van der Waals surface area contributed by atoms with Crippen molar-refractivity contribution in [3.63, 3.8) is 0 Å². The minimum atomic E-state index is -0.700. The molecule has 2 amide bonds.